The Balaban J connectivity index is 1.51. The molecule has 0 radical (unpaired) electrons. The molecule has 1 amide bonds. The molecule has 33 heavy (non-hydrogen) atoms. The molecule has 2 aromatic rings. The number of likely N-dealkylation sites (tertiary alicyclic amines) is 1. The molecular formula is C25H36N6O2. The van der Waals surface area contributed by atoms with E-state index in [1.807, 2.05) is 35.2 Å². The summed E-state index contributed by atoms with van der Waals surface area (Å²) in [5.74, 6) is 1.07. The number of rotatable bonds is 10. The summed E-state index contributed by atoms with van der Waals surface area (Å²) in [6.07, 6.45) is 6.92. The molecular weight excluding hydrogens is 416 g/mol. The van der Waals surface area contributed by atoms with E-state index < -0.39 is 0 Å². The van der Waals surface area contributed by atoms with Gasteiger partial charge in [0.2, 0.25) is 5.91 Å². The predicted octanol–water partition coefficient (Wildman–Crippen LogP) is 3.20. The van der Waals surface area contributed by atoms with Gasteiger partial charge in [-0.15, -0.1) is 0 Å². The number of hydrogen-bond acceptors (Lipinski definition) is 7. The van der Waals surface area contributed by atoms with Crippen LogP contribution in [0.2, 0.25) is 0 Å². The fraction of sp³-hybridized carbons (Fsp3) is 0.520. The predicted molar refractivity (Wildman–Crippen MR) is 130 cm³/mol. The van der Waals surface area contributed by atoms with Crippen LogP contribution in [0.15, 0.2) is 47.9 Å². The maximum Gasteiger partial charge on any atom is 0.225 e. The van der Waals surface area contributed by atoms with Crippen LogP contribution in [0.25, 0.3) is 0 Å². The maximum absolute atomic E-state index is 13.2. The molecule has 0 aromatic carbocycles. The summed E-state index contributed by atoms with van der Waals surface area (Å²) < 4.78 is 0. The quantitative estimate of drug-likeness (QED) is 0.439. The lowest BCUT2D eigenvalue weighted by Gasteiger charge is -2.34. The number of pyridine rings is 2. The first kappa shape index (κ1) is 24.6. The van der Waals surface area contributed by atoms with Crippen LogP contribution in [0.4, 0.5) is 5.82 Å². The van der Waals surface area contributed by atoms with E-state index in [2.05, 4.69) is 34.0 Å². The Kier molecular flexibility index (Phi) is 9.18. The van der Waals surface area contributed by atoms with Crippen molar-refractivity contribution in [3.05, 3.63) is 54.0 Å². The molecule has 1 aliphatic rings. The van der Waals surface area contributed by atoms with Gasteiger partial charge in [-0.1, -0.05) is 18.1 Å². The third-order valence-corrected chi connectivity index (χ3v) is 6.31. The maximum atomic E-state index is 13.2. The average Bonchev–Trinajstić information content (AvgIpc) is 2.83. The third-order valence-electron chi connectivity index (χ3n) is 6.31. The SMILES string of the molecule is CCC(CCN(C)Cc1ccnc(N)c1)C(=O)N1CCC(/C(=N\OC)c2ccccn2)CC1. The van der Waals surface area contributed by atoms with Crippen molar-refractivity contribution < 1.29 is 9.63 Å². The van der Waals surface area contributed by atoms with Gasteiger partial charge in [0.05, 0.1) is 5.69 Å². The fourth-order valence-electron chi connectivity index (χ4n) is 4.44. The van der Waals surface area contributed by atoms with Crippen LogP contribution in [-0.4, -0.2) is 65.2 Å². The van der Waals surface area contributed by atoms with Gasteiger partial charge in [0.15, 0.2) is 0 Å². The van der Waals surface area contributed by atoms with E-state index in [0.717, 1.165) is 68.8 Å². The number of piperidine rings is 1. The first-order valence-electron chi connectivity index (χ1n) is 11.7. The van der Waals surface area contributed by atoms with Gasteiger partial charge in [0, 0.05) is 43.9 Å². The highest BCUT2D eigenvalue weighted by Gasteiger charge is 2.30. The monoisotopic (exact) mass is 452 g/mol. The van der Waals surface area contributed by atoms with E-state index >= 15 is 0 Å². The Labute approximate surface area is 196 Å². The zero-order valence-electron chi connectivity index (χ0n) is 20.0. The van der Waals surface area contributed by atoms with Crippen molar-refractivity contribution in [1.82, 2.24) is 19.8 Å². The van der Waals surface area contributed by atoms with Gasteiger partial charge >= 0.3 is 0 Å². The van der Waals surface area contributed by atoms with Crippen LogP contribution >= 0.6 is 0 Å². The van der Waals surface area contributed by atoms with Gasteiger partial charge in [-0.3, -0.25) is 9.78 Å². The van der Waals surface area contributed by atoms with Crippen molar-refractivity contribution >= 4 is 17.4 Å². The van der Waals surface area contributed by atoms with E-state index in [4.69, 9.17) is 10.6 Å². The van der Waals surface area contributed by atoms with Crippen LogP contribution in [-0.2, 0) is 16.2 Å². The van der Waals surface area contributed by atoms with Crippen LogP contribution in [0, 0.1) is 11.8 Å². The van der Waals surface area contributed by atoms with Gasteiger partial charge in [0.25, 0.3) is 0 Å². The number of carbonyl (C=O) groups excluding carboxylic acids is 1. The molecule has 2 aromatic heterocycles. The highest BCUT2D eigenvalue weighted by Crippen LogP contribution is 2.24. The number of oxime groups is 1. The number of carbonyl (C=O) groups is 1. The molecule has 3 heterocycles. The van der Waals surface area contributed by atoms with E-state index in [-0.39, 0.29) is 17.7 Å². The minimum absolute atomic E-state index is 0.0365. The van der Waals surface area contributed by atoms with Crippen molar-refractivity contribution in [2.24, 2.45) is 17.0 Å². The molecule has 0 saturated carbocycles. The van der Waals surface area contributed by atoms with Gasteiger partial charge in [-0.25, -0.2) is 4.98 Å². The number of nitrogen functional groups attached to an aromatic ring is 1. The number of nitrogens with zero attached hydrogens (tertiary/aromatic N) is 5. The topological polar surface area (TPSA) is 96.9 Å². The molecule has 1 aliphatic heterocycles. The molecule has 0 bridgehead atoms. The molecule has 8 heteroatoms. The van der Waals surface area contributed by atoms with Crippen molar-refractivity contribution in [3.63, 3.8) is 0 Å². The number of amides is 1. The highest BCUT2D eigenvalue weighted by atomic mass is 16.6. The normalized spacial score (nSPS) is 16.1. The second-order valence-electron chi connectivity index (χ2n) is 8.69. The number of nitrogens with two attached hydrogens (primary N) is 1. The number of anilines is 1. The minimum Gasteiger partial charge on any atom is -0.399 e. The molecule has 0 aliphatic carbocycles. The Hall–Kier alpha value is -3.00. The van der Waals surface area contributed by atoms with E-state index in [9.17, 15) is 4.79 Å². The Morgan fingerprint density at radius 1 is 1.27 bits per heavy atom. The van der Waals surface area contributed by atoms with Crippen molar-refractivity contribution in [2.45, 2.75) is 39.2 Å². The molecule has 3 rings (SSSR count). The highest BCUT2D eigenvalue weighted by molar-refractivity contribution is 6.00. The molecule has 1 unspecified atom stereocenters. The van der Waals surface area contributed by atoms with Crippen molar-refractivity contribution in [3.8, 4) is 0 Å². The summed E-state index contributed by atoms with van der Waals surface area (Å²) in [4.78, 5) is 31.1. The summed E-state index contributed by atoms with van der Waals surface area (Å²) in [5.41, 5.74) is 8.63. The second kappa shape index (κ2) is 12.3. The van der Waals surface area contributed by atoms with Gasteiger partial charge < -0.3 is 20.4 Å². The Bertz CT molecular complexity index is 912. The smallest absolute Gasteiger partial charge is 0.225 e. The Morgan fingerprint density at radius 3 is 2.70 bits per heavy atom. The fourth-order valence-corrected chi connectivity index (χ4v) is 4.44. The summed E-state index contributed by atoms with van der Waals surface area (Å²) in [6, 6.07) is 9.68. The lowest BCUT2D eigenvalue weighted by molar-refractivity contribution is -0.137. The van der Waals surface area contributed by atoms with E-state index in [1.54, 1.807) is 19.5 Å². The van der Waals surface area contributed by atoms with Crippen molar-refractivity contribution in [2.75, 3.05) is 39.5 Å². The van der Waals surface area contributed by atoms with Crippen molar-refractivity contribution in [1.29, 1.82) is 0 Å². The molecule has 8 nitrogen and oxygen atoms in total. The zero-order valence-corrected chi connectivity index (χ0v) is 20.0. The van der Waals surface area contributed by atoms with Crippen LogP contribution < -0.4 is 5.73 Å². The zero-order chi connectivity index (χ0) is 23.6. The molecule has 1 atom stereocenters. The molecule has 1 saturated heterocycles. The summed E-state index contributed by atoms with van der Waals surface area (Å²) in [5, 5.41) is 4.26. The summed E-state index contributed by atoms with van der Waals surface area (Å²) in [6.45, 7) is 5.22. The van der Waals surface area contributed by atoms with Crippen LogP contribution in [0.5, 0.6) is 0 Å². The average molecular weight is 453 g/mol. The van der Waals surface area contributed by atoms with Gasteiger partial charge in [-0.2, -0.15) is 0 Å². The standard InChI is InChI=1S/C25H36N6O2/c1-4-20(9-14-30(2)18-19-8-13-28-23(26)17-19)25(32)31-15-10-21(11-16-31)24(29-33-3)22-7-5-6-12-27-22/h5-8,12-13,17,20-21H,4,9-11,14-16,18H2,1-3H3,(H2,26,28)/b29-24+. The van der Waals surface area contributed by atoms with E-state index in [0.29, 0.717) is 5.82 Å². The summed E-state index contributed by atoms with van der Waals surface area (Å²) in [7, 11) is 3.64. The number of aromatic nitrogens is 2. The molecule has 1 fully saturated rings. The molecule has 0 spiro atoms. The Morgan fingerprint density at radius 2 is 2.06 bits per heavy atom. The van der Waals surface area contributed by atoms with Crippen LogP contribution in [0.3, 0.4) is 0 Å². The van der Waals surface area contributed by atoms with E-state index in [1.165, 1.54) is 0 Å². The molecule has 2 N–H and O–H groups in total. The van der Waals surface area contributed by atoms with Gasteiger partial charge in [-0.05, 0) is 69.1 Å². The molecule has 178 valence electrons. The summed E-state index contributed by atoms with van der Waals surface area (Å²) >= 11 is 0. The first-order valence-corrected chi connectivity index (χ1v) is 11.7. The first-order chi connectivity index (χ1) is 16.0. The lowest BCUT2D eigenvalue weighted by Crippen LogP contribution is -2.43. The van der Waals surface area contributed by atoms with Crippen LogP contribution in [0.1, 0.15) is 43.9 Å². The van der Waals surface area contributed by atoms with Gasteiger partial charge in [0.1, 0.15) is 18.6 Å². The number of hydrogen-bond donors (Lipinski definition) is 1. The second-order valence-corrected chi connectivity index (χ2v) is 8.69. The minimum atomic E-state index is 0.0365. The third kappa shape index (κ3) is 6.99. The largest absolute Gasteiger partial charge is 0.399 e. The lowest BCUT2D eigenvalue weighted by atomic mass is 9.89.